The van der Waals surface area contributed by atoms with E-state index in [4.69, 9.17) is 0 Å². The van der Waals surface area contributed by atoms with E-state index in [2.05, 4.69) is 25.6 Å². The SMILES string of the molecule is O=C(NCc1cccc(C(F)(F)F)c1)c1nc(-c2cnc(NCc3ccccn3)s2)n2ccccc12. The lowest BCUT2D eigenvalue weighted by atomic mass is 10.1. The number of anilines is 1. The predicted molar refractivity (Wildman–Crippen MR) is 130 cm³/mol. The molecule has 0 saturated carbocycles. The molecular formula is C25H19F3N6OS. The third-order valence-electron chi connectivity index (χ3n) is 5.34. The Morgan fingerprint density at radius 3 is 2.67 bits per heavy atom. The molecule has 4 heterocycles. The average molecular weight is 509 g/mol. The second kappa shape index (κ2) is 9.78. The topological polar surface area (TPSA) is 84.2 Å². The van der Waals surface area contributed by atoms with Crippen LogP contribution in [0.15, 0.2) is 79.3 Å². The summed E-state index contributed by atoms with van der Waals surface area (Å²) in [6.45, 7) is 0.450. The molecule has 182 valence electrons. The Bertz CT molecular complexity index is 1510. The van der Waals surface area contributed by atoms with Crippen molar-refractivity contribution >= 4 is 27.9 Å². The quantitative estimate of drug-likeness (QED) is 0.307. The number of halogens is 3. The number of hydrogen-bond acceptors (Lipinski definition) is 6. The number of pyridine rings is 2. The van der Waals surface area contributed by atoms with Gasteiger partial charge in [0.2, 0.25) is 0 Å². The van der Waals surface area contributed by atoms with Crippen LogP contribution >= 0.6 is 11.3 Å². The zero-order valence-corrected chi connectivity index (χ0v) is 19.5. The largest absolute Gasteiger partial charge is 0.416 e. The van der Waals surface area contributed by atoms with Gasteiger partial charge in [0.15, 0.2) is 16.6 Å². The van der Waals surface area contributed by atoms with Gasteiger partial charge in [-0.1, -0.05) is 35.6 Å². The first-order chi connectivity index (χ1) is 17.4. The van der Waals surface area contributed by atoms with Crippen LogP contribution in [0, 0.1) is 0 Å². The minimum atomic E-state index is -4.45. The minimum Gasteiger partial charge on any atom is -0.356 e. The molecule has 0 aliphatic carbocycles. The fourth-order valence-electron chi connectivity index (χ4n) is 3.63. The van der Waals surface area contributed by atoms with Crippen LogP contribution < -0.4 is 10.6 Å². The highest BCUT2D eigenvalue weighted by atomic mass is 32.1. The fraction of sp³-hybridized carbons (Fsp3) is 0.120. The number of amides is 1. The summed E-state index contributed by atoms with van der Waals surface area (Å²) in [7, 11) is 0. The molecule has 11 heteroatoms. The molecule has 1 aromatic carbocycles. The molecule has 4 aromatic heterocycles. The normalized spacial score (nSPS) is 11.5. The first kappa shape index (κ1) is 23.5. The van der Waals surface area contributed by atoms with E-state index >= 15 is 0 Å². The molecule has 0 spiro atoms. The smallest absolute Gasteiger partial charge is 0.356 e. The Kier molecular flexibility index (Phi) is 6.38. The maximum atomic E-state index is 13.0. The summed E-state index contributed by atoms with van der Waals surface area (Å²) in [5.74, 6) is 0.0542. The predicted octanol–water partition coefficient (Wildman–Crippen LogP) is 5.41. The monoisotopic (exact) mass is 508 g/mol. The first-order valence-electron chi connectivity index (χ1n) is 10.9. The number of carbonyl (C=O) groups is 1. The number of aromatic nitrogens is 4. The summed E-state index contributed by atoms with van der Waals surface area (Å²) in [6, 6.07) is 15.9. The Labute approximate surface area is 207 Å². The molecule has 0 radical (unpaired) electrons. The lowest BCUT2D eigenvalue weighted by Crippen LogP contribution is -2.23. The molecule has 36 heavy (non-hydrogen) atoms. The average Bonchev–Trinajstić information content (AvgIpc) is 3.51. The number of alkyl halides is 3. The summed E-state index contributed by atoms with van der Waals surface area (Å²) < 4.78 is 40.8. The van der Waals surface area contributed by atoms with Crippen molar-refractivity contribution in [1.29, 1.82) is 0 Å². The number of nitrogens with zero attached hydrogens (tertiary/aromatic N) is 4. The van der Waals surface area contributed by atoms with Gasteiger partial charge in [-0.25, -0.2) is 9.97 Å². The van der Waals surface area contributed by atoms with Crippen LogP contribution in [0.4, 0.5) is 18.3 Å². The molecule has 0 atom stereocenters. The molecule has 2 N–H and O–H groups in total. The van der Waals surface area contributed by atoms with Crippen LogP contribution in [-0.2, 0) is 19.3 Å². The van der Waals surface area contributed by atoms with E-state index in [0.29, 0.717) is 28.6 Å². The van der Waals surface area contributed by atoms with Crippen molar-refractivity contribution in [3.8, 4) is 10.7 Å². The number of thiazole rings is 1. The van der Waals surface area contributed by atoms with Crippen molar-refractivity contribution in [2.75, 3.05) is 5.32 Å². The molecule has 1 amide bonds. The molecule has 0 saturated heterocycles. The Hall–Kier alpha value is -4.25. The zero-order chi connectivity index (χ0) is 25.1. The highest BCUT2D eigenvalue weighted by Crippen LogP contribution is 2.31. The number of benzene rings is 1. The standard InChI is InChI=1S/C25H19F3N6OS/c26-25(27,28)17-7-5-6-16(12-17)13-30-23(35)21-19-9-2-4-11-34(19)22(33-21)20-15-32-24(36-20)31-14-18-8-1-3-10-29-18/h1-12,15H,13-14H2,(H,30,35)(H,31,32). The lowest BCUT2D eigenvalue weighted by Gasteiger charge is -2.09. The summed E-state index contributed by atoms with van der Waals surface area (Å²) in [6.07, 6.45) is 0.745. The van der Waals surface area contributed by atoms with Gasteiger partial charge in [-0.3, -0.25) is 14.2 Å². The molecule has 5 rings (SSSR count). The van der Waals surface area contributed by atoms with Crippen molar-refractivity contribution in [2.24, 2.45) is 0 Å². The van der Waals surface area contributed by atoms with Gasteiger partial charge < -0.3 is 10.6 Å². The molecule has 0 unspecified atom stereocenters. The molecule has 0 aliphatic heterocycles. The van der Waals surface area contributed by atoms with Gasteiger partial charge in [-0.15, -0.1) is 0 Å². The van der Waals surface area contributed by atoms with E-state index < -0.39 is 17.6 Å². The molecule has 0 bridgehead atoms. The van der Waals surface area contributed by atoms with Crippen LogP contribution in [-0.4, -0.2) is 25.3 Å². The zero-order valence-electron chi connectivity index (χ0n) is 18.7. The third-order valence-corrected chi connectivity index (χ3v) is 6.29. The molecule has 5 aromatic rings. The van der Waals surface area contributed by atoms with E-state index in [1.165, 1.54) is 23.5 Å². The lowest BCUT2D eigenvalue weighted by molar-refractivity contribution is -0.137. The highest BCUT2D eigenvalue weighted by Gasteiger charge is 2.30. The Balaban J connectivity index is 1.35. The summed E-state index contributed by atoms with van der Waals surface area (Å²) >= 11 is 1.39. The van der Waals surface area contributed by atoms with Crippen molar-refractivity contribution in [3.05, 3.63) is 102 Å². The van der Waals surface area contributed by atoms with Crippen LogP contribution in [0.5, 0.6) is 0 Å². The second-order valence-electron chi connectivity index (χ2n) is 7.83. The summed E-state index contributed by atoms with van der Waals surface area (Å²) in [5.41, 5.74) is 1.20. The molecule has 0 aliphatic rings. The first-order valence-corrected chi connectivity index (χ1v) is 11.7. The van der Waals surface area contributed by atoms with Gasteiger partial charge in [-0.05, 0) is 42.0 Å². The number of hydrogen-bond donors (Lipinski definition) is 2. The molecule has 7 nitrogen and oxygen atoms in total. The number of fused-ring (bicyclic) bond motifs is 1. The van der Waals surface area contributed by atoms with E-state index in [9.17, 15) is 18.0 Å². The van der Waals surface area contributed by atoms with Crippen LogP contribution in [0.25, 0.3) is 16.2 Å². The van der Waals surface area contributed by atoms with Gasteiger partial charge in [0, 0.05) is 18.9 Å². The number of carbonyl (C=O) groups excluding carboxylic acids is 1. The second-order valence-corrected chi connectivity index (χ2v) is 8.86. The maximum Gasteiger partial charge on any atom is 0.416 e. The number of imidazole rings is 1. The van der Waals surface area contributed by atoms with Gasteiger partial charge >= 0.3 is 6.18 Å². The van der Waals surface area contributed by atoms with Gasteiger partial charge in [0.25, 0.3) is 5.91 Å². The number of rotatable bonds is 7. The Morgan fingerprint density at radius 1 is 1.00 bits per heavy atom. The van der Waals surface area contributed by atoms with E-state index in [-0.39, 0.29) is 12.2 Å². The van der Waals surface area contributed by atoms with Gasteiger partial charge in [0.05, 0.1) is 34.4 Å². The van der Waals surface area contributed by atoms with Crippen LogP contribution in [0.1, 0.15) is 27.3 Å². The summed E-state index contributed by atoms with van der Waals surface area (Å²) in [5, 5.41) is 6.59. The third kappa shape index (κ3) is 5.05. The van der Waals surface area contributed by atoms with Crippen LogP contribution in [0.2, 0.25) is 0 Å². The van der Waals surface area contributed by atoms with E-state index in [1.54, 1.807) is 35.1 Å². The number of nitrogens with one attached hydrogen (secondary N) is 2. The molecular weight excluding hydrogens is 489 g/mol. The van der Waals surface area contributed by atoms with Crippen molar-refractivity contribution in [2.45, 2.75) is 19.3 Å². The van der Waals surface area contributed by atoms with Crippen molar-refractivity contribution in [3.63, 3.8) is 0 Å². The Morgan fingerprint density at radius 2 is 1.86 bits per heavy atom. The minimum absolute atomic E-state index is 0.0634. The van der Waals surface area contributed by atoms with Gasteiger partial charge in [-0.2, -0.15) is 13.2 Å². The van der Waals surface area contributed by atoms with Crippen molar-refractivity contribution in [1.82, 2.24) is 24.7 Å². The van der Waals surface area contributed by atoms with Crippen molar-refractivity contribution < 1.29 is 18.0 Å². The van der Waals surface area contributed by atoms with E-state index in [1.807, 2.05) is 24.3 Å². The van der Waals surface area contributed by atoms with Gasteiger partial charge in [0.1, 0.15) is 0 Å². The fourth-order valence-corrected chi connectivity index (χ4v) is 4.43. The maximum absolute atomic E-state index is 13.0. The highest BCUT2D eigenvalue weighted by molar-refractivity contribution is 7.18. The van der Waals surface area contributed by atoms with E-state index in [0.717, 1.165) is 22.7 Å². The van der Waals surface area contributed by atoms with Crippen LogP contribution in [0.3, 0.4) is 0 Å². The molecule has 0 fully saturated rings. The summed E-state index contributed by atoms with van der Waals surface area (Å²) in [4.78, 5) is 27.0.